The van der Waals surface area contributed by atoms with E-state index in [4.69, 9.17) is 9.47 Å². The standard InChI is InChI=1S/C17H26N2O3/c1-21-16-6-3-2-5-15(16)7-8-17(20)18-9-4-10-19-11-13-22-14-12-19/h2-3,5-6H,4,7-14H2,1H3,(H,18,20). The molecule has 22 heavy (non-hydrogen) atoms. The third kappa shape index (κ3) is 5.66. The number of aryl methyl sites for hydroxylation is 1. The molecule has 2 rings (SSSR count). The number of para-hydroxylation sites is 1. The Balaban J connectivity index is 1.59. The Morgan fingerprint density at radius 1 is 1.32 bits per heavy atom. The average Bonchev–Trinajstić information content (AvgIpc) is 2.58. The van der Waals surface area contributed by atoms with Crippen LogP contribution in [0, 0.1) is 0 Å². The van der Waals surface area contributed by atoms with Crippen molar-refractivity contribution in [1.29, 1.82) is 0 Å². The van der Waals surface area contributed by atoms with Crippen LogP contribution in [0.3, 0.4) is 0 Å². The summed E-state index contributed by atoms with van der Waals surface area (Å²) in [7, 11) is 1.66. The zero-order valence-electron chi connectivity index (χ0n) is 13.3. The molecule has 0 aromatic heterocycles. The van der Waals surface area contributed by atoms with E-state index in [0.717, 1.165) is 57.1 Å². The molecule has 1 aliphatic heterocycles. The summed E-state index contributed by atoms with van der Waals surface area (Å²) in [5, 5.41) is 2.99. The third-order valence-corrected chi connectivity index (χ3v) is 3.89. The molecule has 1 N–H and O–H groups in total. The molecular weight excluding hydrogens is 280 g/mol. The molecule has 0 saturated carbocycles. The summed E-state index contributed by atoms with van der Waals surface area (Å²) in [6.45, 7) is 5.41. The second-order valence-electron chi connectivity index (χ2n) is 5.47. The first-order chi connectivity index (χ1) is 10.8. The summed E-state index contributed by atoms with van der Waals surface area (Å²) in [6.07, 6.45) is 2.19. The predicted molar refractivity (Wildman–Crippen MR) is 86.2 cm³/mol. The van der Waals surface area contributed by atoms with Crippen LogP contribution in [0.2, 0.25) is 0 Å². The van der Waals surface area contributed by atoms with Gasteiger partial charge in [-0.15, -0.1) is 0 Å². The lowest BCUT2D eigenvalue weighted by Gasteiger charge is -2.26. The van der Waals surface area contributed by atoms with Crippen LogP contribution in [-0.2, 0) is 16.0 Å². The van der Waals surface area contributed by atoms with Crippen molar-refractivity contribution in [2.45, 2.75) is 19.3 Å². The van der Waals surface area contributed by atoms with Crippen molar-refractivity contribution in [2.75, 3.05) is 46.5 Å². The molecule has 0 atom stereocenters. The second-order valence-corrected chi connectivity index (χ2v) is 5.47. The van der Waals surface area contributed by atoms with Crippen LogP contribution in [0.4, 0.5) is 0 Å². The highest BCUT2D eigenvalue weighted by Crippen LogP contribution is 2.18. The Labute approximate surface area is 132 Å². The van der Waals surface area contributed by atoms with E-state index in [1.807, 2.05) is 24.3 Å². The van der Waals surface area contributed by atoms with E-state index < -0.39 is 0 Å². The molecule has 1 saturated heterocycles. The molecule has 0 radical (unpaired) electrons. The highest BCUT2D eigenvalue weighted by molar-refractivity contribution is 5.76. The SMILES string of the molecule is COc1ccccc1CCC(=O)NCCCN1CCOCC1. The molecule has 5 nitrogen and oxygen atoms in total. The molecule has 0 aliphatic carbocycles. The summed E-state index contributed by atoms with van der Waals surface area (Å²) in [5.41, 5.74) is 1.08. The maximum Gasteiger partial charge on any atom is 0.220 e. The number of nitrogens with zero attached hydrogens (tertiary/aromatic N) is 1. The van der Waals surface area contributed by atoms with Crippen molar-refractivity contribution >= 4 is 5.91 Å². The van der Waals surface area contributed by atoms with Crippen LogP contribution in [0.25, 0.3) is 0 Å². The van der Waals surface area contributed by atoms with Gasteiger partial charge in [-0.2, -0.15) is 0 Å². The zero-order valence-corrected chi connectivity index (χ0v) is 13.3. The van der Waals surface area contributed by atoms with Crippen molar-refractivity contribution in [3.8, 4) is 5.75 Å². The number of hydrogen-bond donors (Lipinski definition) is 1. The number of carbonyl (C=O) groups is 1. The van der Waals surface area contributed by atoms with Gasteiger partial charge in [0, 0.05) is 26.1 Å². The first-order valence-electron chi connectivity index (χ1n) is 7.98. The number of nitrogens with one attached hydrogen (secondary N) is 1. The van der Waals surface area contributed by atoms with Crippen LogP contribution in [0.5, 0.6) is 5.75 Å². The summed E-state index contributed by atoms with van der Waals surface area (Å²) < 4.78 is 10.6. The molecule has 5 heteroatoms. The molecule has 1 fully saturated rings. The Morgan fingerprint density at radius 2 is 2.09 bits per heavy atom. The number of amides is 1. The first-order valence-corrected chi connectivity index (χ1v) is 7.98. The number of ether oxygens (including phenoxy) is 2. The van der Waals surface area contributed by atoms with Gasteiger partial charge in [0.15, 0.2) is 0 Å². The van der Waals surface area contributed by atoms with E-state index in [9.17, 15) is 4.79 Å². The van der Waals surface area contributed by atoms with Crippen LogP contribution in [-0.4, -0.2) is 57.3 Å². The first kappa shape index (κ1) is 16.8. The predicted octanol–water partition coefficient (Wildman–Crippen LogP) is 1.47. The fraction of sp³-hybridized carbons (Fsp3) is 0.588. The monoisotopic (exact) mass is 306 g/mol. The Kier molecular flexibility index (Phi) is 7.19. The van der Waals surface area contributed by atoms with E-state index in [2.05, 4.69) is 10.2 Å². The van der Waals surface area contributed by atoms with E-state index in [1.54, 1.807) is 7.11 Å². The van der Waals surface area contributed by atoms with Gasteiger partial charge in [-0.25, -0.2) is 0 Å². The van der Waals surface area contributed by atoms with E-state index in [0.29, 0.717) is 12.8 Å². The van der Waals surface area contributed by atoms with E-state index in [-0.39, 0.29) is 5.91 Å². The van der Waals surface area contributed by atoms with Crippen molar-refractivity contribution < 1.29 is 14.3 Å². The molecule has 1 aliphatic rings. The molecule has 1 aromatic rings. The average molecular weight is 306 g/mol. The number of rotatable bonds is 8. The van der Waals surface area contributed by atoms with Crippen LogP contribution in [0.1, 0.15) is 18.4 Å². The van der Waals surface area contributed by atoms with Gasteiger partial charge >= 0.3 is 0 Å². The smallest absolute Gasteiger partial charge is 0.220 e. The molecule has 122 valence electrons. The minimum atomic E-state index is 0.105. The fourth-order valence-electron chi connectivity index (χ4n) is 2.60. The zero-order chi connectivity index (χ0) is 15.6. The summed E-state index contributed by atoms with van der Waals surface area (Å²) in [6, 6.07) is 7.84. The lowest BCUT2D eigenvalue weighted by Crippen LogP contribution is -2.38. The number of carbonyl (C=O) groups excluding carboxylic acids is 1. The summed E-state index contributed by atoms with van der Waals surface area (Å²) >= 11 is 0. The lowest BCUT2D eigenvalue weighted by molar-refractivity contribution is -0.121. The molecule has 1 aromatic carbocycles. The number of methoxy groups -OCH3 is 1. The Morgan fingerprint density at radius 3 is 2.86 bits per heavy atom. The summed E-state index contributed by atoms with van der Waals surface area (Å²) in [4.78, 5) is 14.3. The second kappa shape index (κ2) is 9.43. The van der Waals surface area contributed by atoms with Crippen molar-refractivity contribution in [3.63, 3.8) is 0 Å². The van der Waals surface area contributed by atoms with E-state index in [1.165, 1.54) is 0 Å². The minimum absolute atomic E-state index is 0.105. The highest BCUT2D eigenvalue weighted by Gasteiger charge is 2.10. The number of morpholine rings is 1. The summed E-state index contributed by atoms with van der Waals surface area (Å²) in [5.74, 6) is 0.954. The topological polar surface area (TPSA) is 50.8 Å². The molecule has 0 bridgehead atoms. The quantitative estimate of drug-likeness (QED) is 0.739. The van der Waals surface area contributed by atoms with Gasteiger partial charge in [0.2, 0.25) is 5.91 Å². The van der Waals surface area contributed by atoms with Gasteiger partial charge < -0.3 is 14.8 Å². The molecule has 1 heterocycles. The van der Waals surface area contributed by atoms with Crippen molar-refractivity contribution in [3.05, 3.63) is 29.8 Å². The van der Waals surface area contributed by atoms with Gasteiger partial charge in [0.25, 0.3) is 0 Å². The van der Waals surface area contributed by atoms with E-state index >= 15 is 0 Å². The third-order valence-electron chi connectivity index (χ3n) is 3.89. The number of hydrogen-bond acceptors (Lipinski definition) is 4. The van der Waals surface area contributed by atoms with Crippen molar-refractivity contribution in [2.24, 2.45) is 0 Å². The van der Waals surface area contributed by atoms with Gasteiger partial charge in [0.05, 0.1) is 20.3 Å². The fourth-order valence-corrected chi connectivity index (χ4v) is 2.60. The molecule has 0 spiro atoms. The molecule has 1 amide bonds. The van der Waals surface area contributed by atoms with Crippen LogP contribution < -0.4 is 10.1 Å². The van der Waals surface area contributed by atoms with Crippen LogP contribution in [0.15, 0.2) is 24.3 Å². The maximum absolute atomic E-state index is 11.9. The molecule has 0 unspecified atom stereocenters. The molecular formula is C17H26N2O3. The largest absolute Gasteiger partial charge is 0.496 e. The van der Waals surface area contributed by atoms with Gasteiger partial charge in [0.1, 0.15) is 5.75 Å². The van der Waals surface area contributed by atoms with Gasteiger partial charge in [-0.05, 0) is 31.0 Å². The minimum Gasteiger partial charge on any atom is -0.496 e. The Bertz CT molecular complexity index is 459. The number of benzene rings is 1. The van der Waals surface area contributed by atoms with Gasteiger partial charge in [-0.1, -0.05) is 18.2 Å². The highest BCUT2D eigenvalue weighted by atomic mass is 16.5. The lowest BCUT2D eigenvalue weighted by atomic mass is 10.1. The maximum atomic E-state index is 11.9. The Hall–Kier alpha value is -1.59. The van der Waals surface area contributed by atoms with Crippen molar-refractivity contribution in [1.82, 2.24) is 10.2 Å². The van der Waals surface area contributed by atoms with Crippen LogP contribution >= 0.6 is 0 Å². The normalized spacial score (nSPS) is 15.5. The van der Waals surface area contributed by atoms with Gasteiger partial charge in [-0.3, -0.25) is 9.69 Å².